The second kappa shape index (κ2) is 31.2. The first-order valence-corrected chi connectivity index (χ1v) is 36.6. The highest BCUT2D eigenvalue weighted by Crippen LogP contribution is 2.45. The normalized spacial score (nSPS) is 17.7. The molecule has 31 nitrogen and oxygen atoms in total. The van der Waals surface area contributed by atoms with Gasteiger partial charge in [0.15, 0.2) is 22.8 Å². The molecule has 0 unspecified atom stereocenters. The topological polar surface area (TPSA) is 405 Å². The van der Waals surface area contributed by atoms with Gasteiger partial charge in [-0.05, 0) is 128 Å². The van der Waals surface area contributed by atoms with E-state index < -0.39 is 63.0 Å². The maximum atomic E-state index is 13.4. The number of halogens is 4. The predicted molar refractivity (Wildman–Crippen MR) is 384 cm³/mol. The van der Waals surface area contributed by atoms with Gasteiger partial charge in [-0.3, -0.25) is 49.2 Å². The third-order valence-electron chi connectivity index (χ3n) is 21.0. The van der Waals surface area contributed by atoms with Gasteiger partial charge in [-0.1, -0.05) is 35.3 Å². The Balaban J connectivity index is 0.000000146. The molecule has 0 atom stereocenters. The van der Waals surface area contributed by atoms with E-state index in [0.29, 0.717) is 110 Å². The fraction of sp³-hybridized carbons (Fsp3) is 0.548. The Hall–Kier alpha value is -9.57. The van der Waals surface area contributed by atoms with Gasteiger partial charge in [0.1, 0.15) is 35.0 Å². The Labute approximate surface area is 631 Å². The number of aliphatic hydroxyl groups is 2. The van der Waals surface area contributed by atoms with E-state index >= 15 is 0 Å². The fourth-order valence-electron chi connectivity index (χ4n) is 13.2. The Morgan fingerprint density at radius 3 is 1.13 bits per heavy atom. The zero-order valence-corrected chi connectivity index (χ0v) is 63.4. The molecule has 8 heterocycles. The molecule has 9 N–H and O–H groups in total. The fourth-order valence-corrected chi connectivity index (χ4v) is 13.6. The number of carbonyl (C=O) groups excluding carboxylic acids is 8. The van der Waals surface area contributed by atoms with Crippen LogP contribution in [0.25, 0.3) is 0 Å². The SMILES string of the molecule is CC(C)(C)OC(=O)N1CCc2[nH]nc(C(=O)O)c2C1.CN(C(=O)c1n[nH]c2c1CN(C(=O)Cc1ccc(F)c(Cl)c1)CC2)C1(CO)CC1.CN(C(=O)c1n[nH]c2c1CN(C(=O)Cc1ccc(F)c(Cl)c1)CC2)C1(COC(=O)C2(N)CC2)CC1.CN(C(=O)c1n[nH]c2c1CN(C(=O)OC(C)(C)C)CC2)C1(CO)CC1. The van der Waals surface area contributed by atoms with Gasteiger partial charge >= 0.3 is 24.1 Å². The van der Waals surface area contributed by atoms with Crippen molar-refractivity contribution in [2.24, 2.45) is 5.73 Å². The number of aromatic amines is 4. The number of aromatic carboxylic acids is 1. The number of hydrogen-bond acceptors (Lipinski definition) is 19. The Morgan fingerprint density at radius 1 is 0.509 bits per heavy atom. The Morgan fingerprint density at radius 2 is 0.824 bits per heavy atom. The zero-order chi connectivity index (χ0) is 78.3. The summed E-state index contributed by atoms with van der Waals surface area (Å²) >= 11 is 11.6. The van der Waals surface area contributed by atoms with Crippen molar-refractivity contribution in [1.82, 2.24) is 75.1 Å². The molecule has 4 aliphatic carbocycles. The minimum Gasteiger partial charge on any atom is -0.476 e. The van der Waals surface area contributed by atoms with Crippen molar-refractivity contribution in [2.75, 3.05) is 67.1 Å². The van der Waals surface area contributed by atoms with Crippen LogP contribution in [0, 0.1) is 11.6 Å². The highest BCUT2D eigenvalue weighted by atomic mass is 35.5. The summed E-state index contributed by atoms with van der Waals surface area (Å²) in [4.78, 5) is 123. The van der Waals surface area contributed by atoms with E-state index in [9.17, 15) is 62.1 Å². The summed E-state index contributed by atoms with van der Waals surface area (Å²) in [5, 5.41) is 56.0. The van der Waals surface area contributed by atoms with E-state index in [1.807, 2.05) is 20.8 Å². The van der Waals surface area contributed by atoms with Gasteiger partial charge < -0.3 is 69.6 Å². The lowest BCUT2D eigenvalue weighted by Gasteiger charge is -2.30. The monoisotopic (exact) mass is 1540 g/mol. The van der Waals surface area contributed by atoms with Crippen molar-refractivity contribution >= 4 is 76.9 Å². The van der Waals surface area contributed by atoms with E-state index in [0.717, 1.165) is 66.9 Å². The largest absolute Gasteiger partial charge is 0.476 e. The van der Waals surface area contributed by atoms with Gasteiger partial charge in [0.25, 0.3) is 17.7 Å². The quantitative estimate of drug-likeness (QED) is 0.0374. The van der Waals surface area contributed by atoms with Gasteiger partial charge in [0.05, 0.1) is 65.8 Å². The number of nitrogens with zero attached hydrogens (tertiary/aromatic N) is 11. The molecule has 108 heavy (non-hydrogen) atoms. The van der Waals surface area contributed by atoms with Crippen molar-refractivity contribution in [3.8, 4) is 0 Å². The summed E-state index contributed by atoms with van der Waals surface area (Å²) in [5.74, 6) is -3.61. The van der Waals surface area contributed by atoms with Crippen LogP contribution in [0.1, 0.15) is 191 Å². The predicted octanol–water partition coefficient (Wildman–Crippen LogP) is 6.60. The van der Waals surface area contributed by atoms with Crippen molar-refractivity contribution in [3.63, 3.8) is 0 Å². The summed E-state index contributed by atoms with van der Waals surface area (Å²) in [7, 11) is 5.06. The standard InChI is InChI=1S/C24H27ClFN5O4.C20H22ClFN4O3.C17H26N4O4.C12H17N3O4/c1-30(23(5-6-23)13-35-22(34)24(27)7-8-24)21(33)20-15-12-31(9-4-18(15)28-29-20)19(32)11-14-2-3-17(26)16(25)10-14;1-25(20(11-27)5-6-20)19(29)18-13-10-26(7-4-16(13)23-24-18)17(28)9-12-2-3-15(22)14(21)8-12;1-16(2,3)25-15(24)21-8-5-12-11(9-21)13(19-18-12)14(23)20(4)17(10-22)6-7-17;1-12(2,3)19-11(18)15-5-4-8-7(6-15)9(10(16)17)14-13-8/h2-3,10H,4-9,11-13,27H2,1H3,(H,28,29);2-3,8,27H,4-7,9-11H2,1H3,(H,23,24);22H,5-10H2,1-4H3,(H,18,19);4-6H2,1-3H3,(H,13,14)(H,16,17). The van der Waals surface area contributed by atoms with Crippen LogP contribution in [0.3, 0.4) is 0 Å². The summed E-state index contributed by atoms with van der Waals surface area (Å²) in [6, 6.07) is 8.47. The van der Waals surface area contributed by atoms with Crippen molar-refractivity contribution < 1.29 is 81.5 Å². The lowest BCUT2D eigenvalue weighted by molar-refractivity contribution is -0.148. The number of amides is 7. The number of carbonyl (C=O) groups is 9. The first-order valence-electron chi connectivity index (χ1n) is 35.8. The second-order valence-corrected chi connectivity index (χ2v) is 31.8. The summed E-state index contributed by atoms with van der Waals surface area (Å²) < 4.78 is 42.9. The van der Waals surface area contributed by atoms with Crippen LogP contribution in [0.2, 0.25) is 10.0 Å². The number of rotatable bonds is 16. The number of aromatic nitrogens is 8. The molecule has 4 saturated carbocycles. The molecule has 0 saturated heterocycles. The summed E-state index contributed by atoms with van der Waals surface area (Å²) in [6.45, 7) is 13.9. The Kier molecular flexibility index (Phi) is 23.0. The smallest absolute Gasteiger partial charge is 0.410 e. The van der Waals surface area contributed by atoms with Crippen LogP contribution in [0.5, 0.6) is 0 Å². The maximum Gasteiger partial charge on any atom is 0.410 e. The molecular formula is C73H92Cl2F2N16O15. The van der Waals surface area contributed by atoms with E-state index in [-0.39, 0.29) is 109 Å². The van der Waals surface area contributed by atoms with Gasteiger partial charge in [0, 0.05) is 131 Å². The molecule has 8 aliphatic rings. The highest BCUT2D eigenvalue weighted by Gasteiger charge is 2.54. The second-order valence-electron chi connectivity index (χ2n) is 31.0. The molecule has 582 valence electrons. The number of hydrogen-bond donors (Lipinski definition) is 8. The molecule has 6 aromatic rings. The van der Waals surface area contributed by atoms with Gasteiger partial charge in [-0.2, -0.15) is 20.4 Å². The minimum atomic E-state index is -1.09. The lowest BCUT2D eigenvalue weighted by Crippen LogP contribution is -2.45. The molecule has 2 aromatic carbocycles. The van der Waals surface area contributed by atoms with Gasteiger partial charge in [-0.25, -0.2) is 23.2 Å². The Bertz CT molecular complexity index is 4470. The number of benzene rings is 2. The molecule has 4 aromatic heterocycles. The van der Waals surface area contributed by atoms with Crippen LogP contribution in [-0.2, 0) is 93.3 Å². The number of aliphatic hydroxyl groups excluding tert-OH is 2. The maximum absolute atomic E-state index is 13.4. The van der Waals surface area contributed by atoms with Crippen LogP contribution >= 0.6 is 23.2 Å². The third kappa shape index (κ3) is 17.7. The average molecular weight is 1540 g/mol. The molecule has 7 amide bonds. The molecule has 0 radical (unpaired) electrons. The number of carboxylic acids is 1. The third-order valence-corrected chi connectivity index (χ3v) is 21.6. The number of ether oxygens (including phenoxy) is 3. The number of H-pyrrole nitrogens is 4. The van der Waals surface area contributed by atoms with Crippen molar-refractivity contribution in [1.29, 1.82) is 0 Å². The molecule has 4 fully saturated rings. The van der Waals surface area contributed by atoms with Crippen molar-refractivity contribution in [3.05, 3.63) is 137 Å². The molecule has 0 spiro atoms. The highest BCUT2D eigenvalue weighted by molar-refractivity contribution is 6.31. The molecule has 14 rings (SSSR count). The summed E-state index contributed by atoms with van der Waals surface area (Å²) in [6.07, 6.45) is 7.42. The van der Waals surface area contributed by atoms with Crippen LogP contribution in [-0.4, -0.2) is 245 Å². The number of fused-ring (bicyclic) bond motifs is 4. The zero-order valence-electron chi connectivity index (χ0n) is 61.9. The number of carboxylic acid groups (broad SMARTS) is 1. The minimum absolute atomic E-state index is 0.0140. The first kappa shape index (κ1) is 79.5. The number of nitrogens with one attached hydrogen (secondary N) is 4. The number of likely N-dealkylation sites (N-methyl/N-ethyl adjacent to an activating group) is 3. The van der Waals surface area contributed by atoms with E-state index in [1.165, 1.54) is 35.2 Å². The van der Waals surface area contributed by atoms with E-state index in [1.54, 1.807) is 77.4 Å². The lowest BCUT2D eigenvalue weighted by atomic mass is 10.0. The number of esters is 1. The van der Waals surface area contributed by atoms with Crippen LogP contribution in [0.4, 0.5) is 18.4 Å². The summed E-state index contributed by atoms with van der Waals surface area (Å²) in [5.41, 5.74) is 10.5. The number of nitrogens with two attached hydrogens (primary N) is 1. The van der Waals surface area contributed by atoms with Crippen LogP contribution in [0.15, 0.2) is 36.4 Å². The van der Waals surface area contributed by atoms with E-state index in [4.69, 9.17) is 48.3 Å². The average Bonchev–Trinajstić information content (AvgIpc) is 1.61. The van der Waals surface area contributed by atoms with E-state index in [2.05, 4.69) is 40.8 Å². The molecule has 4 aliphatic heterocycles. The van der Waals surface area contributed by atoms with Crippen LogP contribution < -0.4 is 5.73 Å². The molecule has 35 heteroatoms. The van der Waals surface area contributed by atoms with Gasteiger partial charge in [-0.15, -0.1) is 0 Å². The first-order chi connectivity index (χ1) is 50.9. The van der Waals surface area contributed by atoms with Gasteiger partial charge in [0.2, 0.25) is 11.8 Å². The molecular weight excluding hydrogens is 1450 g/mol. The van der Waals surface area contributed by atoms with Crippen molar-refractivity contribution in [2.45, 2.75) is 191 Å². The molecule has 0 bridgehead atoms.